The SMILES string of the molecule is CCC(CC)N(CCN)C(=O)c1ccc(C)nc1. The number of aryl methyl sites for hydroxylation is 1. The van der Waals surface area contributed by atoms with Crippen LogP contribution in [0.25, 0.3) is 0 Å². The summed E-state index contributed by atoms with van der Waals surface area (Å²) >= 11 is 0. The number of amides is 1. The monoisotopic (exact) mass is 249 g/mol. The molecule has 1 heterocycles. The summed E-state index contributed by atoms with van der Waals surface area (Å²) in [4.78, 5) is 18.5. The molecule has 1 aromatic heterocycles. The van der Waals surface area contributed by atoms with Crippen molar-refractivity contribution in [2.24, 2.45) is 5.73 Å². The maximum Gasteiger partial charge on any atom is 0.255 e. The van der Waals surface area contributed by atoms with Gasteiger partial charge in [0.2, 0.25) is 0 Å². The summed E-state index contributed by atoms with van der Waals surface area (Å²) < 4.78 is 0. The molecule has 100 valence electrons. The van der Waals surface area contributed by atoms with Gasteiger partial charge in [-0.25, -0.2) is 0 Å². The highest BCUT2D eigenvalue weighted by atomic mass is 16.2. The third-order valence-electron chi connectivity index (χ3n) is 3.17. The van der Waals surface area contributed by atoms with Crippen LogP contribution in [0, 0.1) is 6.92 Å². The molecule has 0 unspecified atom stereocenters. The number of nitrogens with two attached hydrogens (primary N) is 1. The second-order valence-corrected chi connectivity index (χ2v) is 4.45. The highest BCUT2D eigenvalue weighted by Gasteiger charge is 2.21. The summed E-state index contributed by atoms with van der Waals surface area (Å²) in [6.45, 7) is 7.18. The van der Waals surface area contributed by atoms with Gasteiger partial charge in [0.25, 0.3) is 5.91 Å². The van der Waals surface area contributed by atoms with Crippen molar-refractivity contribution < 1.29 is 4.79 Å². The molecule has 0 aliphatic rings. The lowest BCUT2D eigenvalue weighted by Crippen LogP contribution is -2.42. The fourth-order valence-electron chi connectivity index (χ4n) is 2.08. The van der Waals surface area contributed by atoms with Gasteiger partial charge in [0.15, 0.2) is 0 Å². The highest BCUT2D eigenvalue weighted by molar-refractivity contribution is 5.94. The van der Waals surface area contributed by atoms with E-state index in [1.165, 1.54) is 0 Å². The van der Waals surface area contributed by atoms with Crippen molar-refractivity contribution >= 4 is 5.91 Å². The van der Waals surface area contributed by atoms with Crippen LogP contribution in [0.2, 0.25) is 0 Å². The molecule has 2 N–H and O–H groups in total. The van der Waals surface area contributed by atoms with Crippen molar-refractivity contribution in [1.29, 1.82) is 0 Å². The first kappa shape index (κ1) is 14.6. The van der Waals surface area contributed by atoms with Crippen LogP contribution in [0.4, 0.5) is 0 Å². The van der Waals surface area contributed by atoms with E-state index in [0.29, 0.717) is 18.7 Å². The molecular formula is C14H23N3O. The van der Waals surface area contributed by atoms with Gasteiger partial charge in [0, 0.05) is 31.0 Å². The second-order valence-electron chi connectivity index (χ2n) is 4.45. The lowest BCUT2D eigenvalue weighted by atomic mass is 10.1. The minimum absolute atomic E-state index is 0.0293. The predicted octanol–water partition coefficient (Wildman–Crippen LogP) is 1.98. The molecule has 0 spiro atoms. The summed E-state index contributed by atoms with van der Waals surface area (Å²) in [6, 6.07) is 3.94. The van der Waals surface area contributed by atoms with Crippen LogP contribution in [-0.2, 0) is 0 Å². The van der Waals surface area contributed by atoms with Gasteiger partial charge in [-0.05, 0) is 31.9 Å². The van der Waals surface area contributed by atoms with Gasteiger partial charge in [-0.2, -0.15) is 0 Å². The molecule has 0 saturated heterocycles. The average molecular weight is 249 g/mol. The van der Waals surface area contributed by atoms with Crippen molar-refractivity contribution in [3.05, 3.63) is 29.6 Å². The van der Waals surface area contributed by atoms with Crippen molar-refractivity contribution in [2.45, 2.75) is 39.7 Å². The second kappa shape index (κ2) is 7.11. The fourth-order valence-corrected chi connectivity index (χ4v) is 2.08. The molecule has 0 saturated carbocycles. The molecule has 1 aromatic rings. The van der Waals surface area contributed by atoms with Crippen LogP contribution >= 0.6 is 0 Å². The Hall–Kier alpha value is -1.42. The number of aromatic nitrogens is 1. The summed E-state index contributed by atoms with van der Waals surface area (Å²) in [7, 11) is 0. The predicted molar refractivity (Wildman–Crippen MR) is 73.4 cm³/mol. The van der Waals surface area contributed by atoms with Crippen molar-refractivity contribution in [2.75, 3.05) is 13.1 Å². The Morgan fingerprint density at radius 3 is 2.50 bits per heavy atom. The van der Waals surface area contributed by atoms with E-state index in [1.54, 1.807) is 6.20 Å². The summed E-state index contributed by atoms with van der Waals surface area (Å²) in [5.74, 6) is 0.0293. The first-order chi connectivity index (χ1) is 8.63. The maximum absolute atomic E-state index is 12.4. The Morgan fingerprint density at radius 2 is 2.06 bits per heavy atom. The van der Waals surface area contributed by atoms with E-state index < -0.39 is 0 Å². The van der Waals surface area contributed by atoms with E-state index in [0.717, 1.165) is 18.5 Å². The van der Waals surface area contributed by atoms with Crippen LogP contribution in [0.15, 0.2) is 18.3 Å². The Morgan fingerprint density at radius 1 is 1.39 bits per heavy atom. The third-order valence-corrected chi connectivity index (χ3v) is 3.17. The number of carbonyl (C=O) groups excluding carboxylic acids is 1. The molecule has 0 aliphatic carbocycles. The third kappa shape index (κ3) is 3.53. The summed E-state index contributed by atoms with van der Waals surface area (Å²) in [6.07, 6.45) is 3.53. The van der Waals surface area contributed by atoms with Crippen LogP contribution in [0.3, 0.4) is 0 Å². The van der Waals surface area contributed by atoms with Gasteiger partial charge in [-0.15, -0.1) is 0 Å². The molecule has 0 aliphatic heterocycles. The Bertz CT molecular complexity index is 371. The summed E-state index contributed by atoms with van der Waals surface area (Å²) in [5.41, 5.74) is 7.16. The van der Waals surface area contributed by atoms with E-state index >= 15 is 0 Å². The van der Waals surface area contributed by atoms with Gasteiger partial charge in [0.05, 0.1) is 5.56 Å². The van der Waals surface area contributed by atoms with Crippen molar-refractivity contribution in [3.8, 4) is 0 Å². The minimum Gasteiger partial charge on any atom is -0.334 e. The lowest BCUT2D eigenvalue weighted by Gasteiger charge is -2.30. The molecule has 0 atom stereocenters. The van der Waals surface area contributed by atoms with Crippen molar-refractivity contribution in [3.63, 3.8) is 0 Å². The van der Waals surface area contributed by atoms with Gasteiger partial charge < -0.3 is 10.6 Å². The maximum atomic E-state index is 12.4. The number of pyridine rings is 1. The molecule has 0 aromatic carbocycles. The van der Waals surface area contributed by atoms with E-state index in [-0.39, 0.29) is 11.9 Å². The normalized spacial score (nSPS) is 10.7. The number of rotatable bonds is 6. The van der Waals surface area contributed by atoms with Crippen LogP contribution < -0.4 is 5.73 Å². The van der Waals surface area contributed by atoms with Crippen LogP contribution in [-0.4, -0.2) is 34.9 Å². The van der Waals surface area contributed by atoms with E-state index in [4.69, 9.17) is 5.73 Å². The number of hydrogen-bond donors (Lipinski definition) is 1. The molecule has 0 fully saturated rings. The summed E-state index contributed by atoms with van der Waals surface area (Å²) in [5, 5.41) is 0. The van der Waals surface area contributed by atoms with Crippen LogP contribution in [0.5, 0.6) is 0 Å². The fraction of sp³-hybridized carbons (Fsp3) is 0.571. The van der Waals surface area contributed by atoms with E-state index in [1.807, 2.05) is 24.0 Å². The minimum atomic E-state index is 0.0293. The number of carbonyl (C=O) groups is 1. The smallest absolute Gasteiger partial charge is 0.255 e. The zero-order chi connectivity index (χ0) is 13.5. The van der Waals surface area contributed by atoms with Gasteiger partial charge in [-0.1, -0.05) is 13.8 Å². The molecule has 18 heavy (non-hydrogen) atoms. The zero-order valence-corrected chi connectivity index (χ0v) is 11.5. The molecular weight excluding hydrogens is 226 g/mol. The number of hydrogen-bond acceptors (Lipinski definition) is 3. The van der Waals surface area contributed by atoms with Crippen LogP contribution in [0.1, 0.15) is 42.7 Å². The Kier molecular flexibility index (Phi) is 5.78. The molecule has 4 nitrogen and oxygen atoms in total. The molecule has 1 rings (SSSR count). The van der Waals surface area contributed by atoms with Gasteiger partial charge in [-0.3, -0.25) is 9.78 Å². The lowest BCUT2D eigenvalue weighted by molar-refractivity contribution is 0.0674. The standard InChI is InChI=1S/C14H23N3O/c1-4-13(5-2)17(9-8-15)14(18)12-7-6-11(3)16-10-12/h6-7,10,13H,4-5,8-9,15H2,1-3H3. The van der Waals surface area contributed by atoms with E-state index in [9.17, 15) is 4.79 Å². The number of nitrogens with zero attached hydrogens (tertiary/aromatic N) is 2. The Labute approximate surface area is 109 Å². The first-order valence-corrected chi connectivity index (χ1v) is 6.57. The van der Waals surface area contributed by atoms with Gasteiger partial charge in [0.1, 0.15) is 0 Å². The molecule has 0 bridgehead atoms. The quantitative estimate of drug-likeness (QED) is 0.838. The molecule has 4 heteroatoms. The highest BCUT2D eigenvalue weighted by Crippen LogP contribution is 2.13. The Balaban J connectivity index is 2.91. The van der Waals surface area contributed by atoms with Gasteiger partial charge >= 0.3 is 0 Å². The first-order valence-electron chi connectivity index (χ1n) is 6.57. The zero-order valence-electron chi connectivity index (χ0n) is 11.5. The van der Waals surface area contributed by atoms with Crippen molar-refractivity contribution in [1.82, 2.24) is 9.88 Å². The topological polar surface area (TPSA) is 59.2 Å². The van der Waals surface area contributed by atoms with E-state index in [2.05, 4.69) is 18.8 Å². The average Bonchev–Trinajstić information content (AvgIpc) is 2.39. The molecule has 0 radical (unpaired) electrons. The largest absolute Gasteiger partial charge is 0.334 e. The molecule has 1 amide bonds.